The molecule has 0 fully saturated rings. The Morgan fingerprint density at radius 1 is 1.13 bits per heavy atom. The average Bonchev–Trinajstić information content (AvgIpc) is 2.73. The third-order valence-corrected chi connectivity index (χ3v) is 4.77. The number of methoxy groups -OCH3 is 1. The number of urea groups is 1. The van der Waals surface area contributed by atoms with Crippen molar-refractivity contribution in [2.75, 3.05) is 19.0 Å². The molecule has 0 aliphatic rings. The number of nitrogens with two attached hydrogens (primary N) is 1. The fourth-order valence-corrected chi connectivity index (χ4v) is 3.18. The molecule has 30 heavy (non-hydrogen) atoms. The zero-order valence-electron chi connectivity index (χ0n) is 16.0. The van der Waals surface area contributed by atoms with Crippen LogP contribution in [0.1, 0.15) is 5.56 Å². The Morgan fingerprint density at radius 2 is 1.90 bits per heavy atom. The lowest BCUT2D eigenvalue weighted by molar-refractivity contribution is -0.118. The quantitative estimate of drug-likeness (QED) is 0.361. The van der Waals surface area contributed by atoms with Gasteiger partial charge in [0.2, 0.25) is 0 Å². The molecule has 0 saturated heterocycles. The Kier molecular flexibility index (Phi) is 6.87. The fraction of sp³-hybridized carbons (Fsp3) is 0.0952. The number of anilines is 1. The second-order valence-electron chi connectivity index (χ2n) is 6.12. The highest BCUT2D eigenvalue weighted by Crippen LogP contribution is 2.33. The van der Waals surface area contributed by atoms with E-state index in [0.717, 1.165) is 10.8 Å². The lowest BCUT2D eigenvalue weighted by Gasteiger charge is -2.13. The van der Waals surface area contributed by atoms with E-state index in [0.29, 0.717) is 27.2 Å². The van der Waals surface area contributed by atoms with E-state index in [9.17, 15) is 9.59 Å². The minimum atomic E-state index is -0.772. The number of amides is 3. The first-order chi connectivity index (χ1) is 14.5. The molecule has 0 atom stereocenters. The van der Waals surface area contributed by atoms with Crippen LogP contribution < -0.4 is 25.9 Å². The first-order valence-corrected chi connectivity index (χ1v) is 9.63. The minimum Gasteiger partial charge on any atom is -0.493 e. The Hall–Kier alpha value is -3.59. The van der Waals surface area contributed by atoms with Crippen molar-refractivity contribution in [3.05, 3.63) is 64.6 Å². The number of ether oxygens (including phenoxy) is 2. The van der Waals surface area contributed by atoms with Crippen molar-refractivity contribution in [1.82, 2.24) is 5.43 Å². The molecule has 8 nitrogen and oxygen atoms in total. The summed E-state index contributed by atoms with van der Waals surface area (Å²) in [4.78, 5) is 23.1. The lowest BCUT2D eigenvalue weighted by Crippen LogP contribution is -2.24. The van der Waals surface area contributed by atoms with Crippen LogP contribution in [-0.4, -0.2) is 31.9 Å². The van der Waals surface area contributed by atoms with Gasteiger partial charge >= 0.3 is 6.03 Å². The van der Waals surface area contributed by atoms with Gasteiger partial charge in [-0.05, 0) is 39.5 Å². The molecule has 0 aromatic heterocycles. The van der Waals surface area contributed by atoms with Crippen LogP contribution in [0.5, 0.6) is 11.5 Å². The van der Waals surface area contributed by atoms with Crippen molar-refractivity contribution in [2.45, 2.75) is 0 Å². The van der Waals surface area contributed by atoms with Crippen molar-refractivity contribution in [3.63, 3.8) is 0 Å². The van der Waals surface area contributed by atoms with E-state index in [-0.39, 0.29) is 12.5 Å². The van der Waals surface area contributed by atoms with E-state index in [1.807, 2.05) is 42.5 Å². The third kappa shape index (κ3) is 5.26. The first-order valence-electron chi connectivity index (χ1n) is 8.84. The number of carbonyl (C=O) groups excluding carboxylic acids is 2. The summed E-state index contributed by atoms with van der Waals surface area (Å²) in [7, 11) is 1.48. The van der Waals surface area contributed by atoms with Gasteiger partial charge in [0.1, 0.15) is 0 Å². The van der Waals surface area contributed by atoms with Gasteiger partial charge in [-0.15, -0.1) is 0 Å². The van der Waals surface area contributed by atoms with Gasteiger partial charge in [-0.3, -0.25) is 4.79 Å². The first kappa shape index (κ1) is 21.1. The molecule has 0 bridgehead atoms. The monoisotopic (exact) mass is 470 g/mol. The summed E-state index contributed by atoms with van der Waals surface area (Å²) in [6, 6.07) is 16.0. The number of rotatable bonds is 7. The summed E-state index contributed by atoms with van der Waals surface area (Å²) in [6.45, 7) is -0.206. The van der Waals surface area contributed by atoms with E-state index in [2.05, 4.69) is 31.8 Å². The van der Waals surface area contributed by atoms with Crippen LogP contribution in [-0.2, 0) is 4.79 Å². The molecule has 3 aromatic carbocycles. The summed E-state index contributed by atoms with van der Waals surface area (Å²) in [5.74, 6) is 0.468. The Bertz CT molecular complexity index is 1110. The van der Waals surface area contributed by atoms with Crippen molar-refractivity contribution >= 4 is 50.5 Å². The van der Waals surface area contributed by atoms with Crippen molar-refractivity contribution < 1.29 is 19.1 Å². The Labute approximate surface area is 181 Å². The van der Waals surface area contributed by atoms with Crippen molar-refractivity contribution in [3.8, 4) is 11.5 Å². The van der Waals surface area contributed by atoms with Crippen LogP contribution >= 0.6 is 15.9 Å². The predicted octanol–water partition coefficient (Wildman–Crippen LogP) is 3.63. The summed E-state index contributed by atoms with van der Waals surface area (Å²) < 4.78 is 11.6. The SMILES string of the molecule is COc1cc(C=NNC(N)=O)c(Br)cc1OCC(=O)Nc1cccc2ccccc12. The highest BCUT2D eigenvalue weighted by atomic mass is 79.9. The van der Waals surface area contributed by atoms with Crippen molar-refractivity contribution in [2.24, 2.45) is 10.8 Å². The van der Waals surface area contributed by atoms with E-state index >= 15 is 0 Å². The molecule has 0 aliphatic carbocycles. The van der Waals surface area contributed by atoms with Gasteiger partial charge in [-0.1, -0.05) is 36.4 Å². The van der Waals surface area contributed by atoms with E-state index in [4.69, 9.17) is 15.2 Å². The fourth-order valence-electron chi connectivity index (χ4n) is 2.75. The molecule has 0 spiro atoms. The zero-order chi connectivity index (χ0) is 21.5. The van der Waals surface area contributed by atoms with Gasteiger partial charge in [0.15, 0.2) is 18.1 Å². The number of benzene rings is 3. The molecule has 9 heteroatoms. The third-order valence-electron chi connectivity index (χ3n) is 4.08. The molecule has 0 heterocycles. The zero-order valence-corrected chi connectivity index (χ0v) is 17.6. The van der Waals surface area contributed by atoms with Crippen molar-refractivity contribution in [1.29, 1.82) is 0 Å². The number of carbonyl (C=O) groups is 2. The predicted molar refractivity (Wildman–Crippen MR) is 119 cm³/mol. The normalized spacial score (nSPS) is 10.7. The lowest BCUT2D eigenvalue weighted by atomic mass is 10.1. The maximum absolute atomic E-state index is 12.4. The smallest absolute Gasteiger partial charge is 0.332 e. The summed E-state index contributed by atoms with van der Waals surface area (Å²) >= 11 is 3.39. The van der Waals surface area contributed by atoms with Crippen LogP contribution in [0.4, 0.5) is 10.5 Å². The second kappa shape index (κ2) is 9.75. The number of fused-ring (bicyclic) bond motifs is 1. The van der Waals surface area contributed by atoms with E-state index < -0.39 is 6.03 Å². The van der Waals surface area contributed by atoms with Gasteiger partial charge in [-0.2, -0.15) is 5.10 Å². The van der Waals surface area contributed by atoms with Crippen LogP contribution in [0.3, 0.4) is 0 Å². The molecular weight excluding hydrogens is 452 g/mol. The van der Waals surface area contributed by atoms with Crippen LogP contribution in [0.25, 0.3) is 10.8 Å². The molecule has 0 saturated carbocycles. The molecule has 0 aliphatic heterocycles. The summed E-state index contributed by atoms with van der Waals surface area (Å²) in [5.41, 5.74) is 8.41. The Morgan fingerprint density at radius 3 is 2.67 bits per heavy atom. The van der Waals surface area contributed by atoms with Crippen LogP contribution in [0.15, 0.2) is 64.2 Å². The number of nitrogens with zero attached hydrogens (tertiary/aromatic N) is 1. The van der Waals surface area contributed by atoms with Gasteiger partial charge in [-0.25, -0.2) is 10.2 Å². The second-order valence-corrected chi connectivity index (χ2v) is 6.98. The molecule has 0 radical (unpaired) electrons. The highest BCUT2D eigenvalue weighted by molar-refractivity contribution is 9.10. The van der Waals surface area contributed by atoms with Gasteiger partial charge < -0.3 is 20.5 Å². The topological polar surface area (TPSA) is 115 Å². The molecule has 3 rings (SSSR count). The largest absolute Gasteiger partial charge is 0.493 e. The number of primary amides is 1. The van der Waals surface area contributed by atoms with Gasteiger partial charge in [0.25, 0.3) is 5.91 Å². The average molecular weight is 471 g/mol. The highest BCUT2D eigenvalue weighted by Gasteiger charge is 2.12. The number of nitrogens with one attached hydrogen (secondary N) is 2. The standard InChI is InChI=1S/C21H19BrN4O4/c1-29-18-9-14(11-24-26-21(23)28)16(22)10-19(18)30-12-20(27)25-17-8-4-6-13-5-2-3-7-15(13)17/h2-11H,12H2,1H3,(H,25,27)(H3,23,26,28). The van der Waals surface area contributed by atoms with Crippen LogP contribution in [0, 0.1) is 0 Å². The van der Waals surface area contributed by atoms with E-state index in [1.54, 1.807) is 12.1 Å². The molecule has 0 unspecified atom stereocenters. The molecule has 4 N–H and O–H groups in total. The minimum absolute atomic E-state index is 0.206. The van der Waals surface area contributed by atoms with Crippen LogP contribution in [0.2, 0.25) is 0 Å². The number of hydrogen-bond acceptors (Lipinski definition) is 5. The molecule has 3 amide bonds. The number of halogens is 1. The molecular formula is C21H19BrN4O4. The number of hydrazone groups is 1. The molecule has 154 valence electrons. The van der Waals surface area contributed by atoms with Gasteiger partial charge in [0, 0.05) is 21.1 Å². The number of hydrogen-bond donors (Lipinski definition) is 3. The Balaban J connectivity index is 1.70. The maximum atomic E-state index is 12.4. The van der Waals surface area contributed by atoms with E-state index in [1.165, 1.54) is 13.3 Å². The summed E-state index contributed by atoms with van der Waals surface area (Å²) in [6.07, 6.45) is 1.40. The molecule has 3 aromatic rings. The van der Waals surface area contributed by atoms with Gasteiger partial charge in [0.05, 0.1) is 13.3 Å². The maximum Gasteiger partial charge on any atom is 0.332 e. The summed E-state index contributed by atoms with van der Waals surface area (Å²) in [5, 5.41) is 8.56.